The fourth-order valence-corrected chi connectivity index (χ4v) is 1.83. The monoisotopic (exact) mass is 280 g/mol. The molecule has 1 aliphatic rings. The molecule has 0 radical (unpaired) electrons. The van der Waals surface area contributed by atoms with Gasteiger partial charge in [0.05, 0.1) is 17.7 Å². The number of carbonyl (C=O) groups excluding carboxylic acids is 3. The fourth-order valence-electron chi connectivity index (χ4n) is 1.83. The molecular weight excluding hydrogens is 268 g/mol. The fraction of sp³-hybridized carbons (Fsp3) is 0.308. The van der Waals surface area contributed by atoms with E-state index in [4.69, 9.17) is 0 Å². The van der Waals surface area contributed by atoms with Crippen molar-refractivity contribution in [1.29, 1.82) is 0 Å². The maximum atomic E-state index is 11.4. The number of carbonyl (C=O) groups is 3. The third-order valence-electron chi connectivity index (χ3n) is 2.84. The Bertz CT molecular complexity index is 578. The van der Waals surface area contributed by atoms with Crippen molar-refractivity contribution in [3.05, 3.63) is 34.9 Å². The summed E-state index contributed by atoms with van der Waals surface area (Å²) in [5.74, 6) is -2.57. The third kappa shape index (κ3) is 2.40. The predicted octanol–water partition coefficient (Wildman–Crippen LogP) is -0.0454. The summed E-state index contributed by atoms with van der Waals surface area (Å²) in [5, 5.41) is 19.5. The molecule has 0 aromatic heterocycles. The molecule has 0 saturated heterocycles. The van der Waals surface area contributed by atoms with Gasteiger partial charge in [0, 0.05) is 0 Å². The Morgan fingerprint density at radius 2 is 1.90 bits per heavy atom. The van der Waals surface area contributed by atoms with Crippen LogP contribution in [0.2, 0.25) is 0 Å². The zero-order valence-corrected chi connectivity index (χ0v) is 10.5. The highest BCUT2D eigenvalue weighted by atomic mass is 16.6. The molecule has 7 nitrogen and oxygen atoms in total. The van der Waals surface area contributed by atoms with Crippen molar-refractivity contribution in [1.82, 2.24) is 0 Å². The summed E-state index contributed by atoms with van der Waals surface area (Å²) >= 11 is 0. The van der Waals surface area contributed by atoms with Gasteiger partial charge < -0.3 is 19.7 Å². The van der Waals surface area contributed by atoms with Crippen LogP contribution < -0.4 is 0 Å². The predicted molar refractivity (Wildman–Crippen MR) is 63.8 cm³/mol. The van der Waals surface area contributed by atoms with E-state index < -0.39 is 30.1 Å². The van der Waals surface area contributed by atoms with Crippen molar-refractivity contribution in [3.8, 4) is 0 Å². The van der Waals surface area contributed by atoms with Gasteiger partial charge in [0.15, 0.2) is 6.10 Å². The van der Waals surface area contributed by atoms with Crippen LogP contribution in [0.1, 0.15) is 39.3 Å². The molecule has 20 heavy (non-hydrogen) atoms. The van der Waals surface area contributed by atoms with Crippen molar-refractivity contribution in [2.45, 2.75) is 19.1 Å². The number of cyclic esters (lactones) is 2. The van der Waals surface area contributed by atoms with Crippen molar-refractivity contribution in [2.24, 2.45) is 0 Å². The summed E-state index contributed by atoms with van der Waals surface area (Å²) in [6, 6.07) is 3.82. The number of fused-ring (bicyclic) bond motifs is 1. The first kappa shape index (κ1) is 14.2. The van der Waals surface area contributed by atoms with Gasteiger partial charge in [-0.2, -0.15) is 0 Å². The van der Waals surface area contributed by atoms with Gasteiger partial charge in [0.2, 0.25) is 0 Å². The lowest BCUT2D eigenvalue weighted by atomic mass is 9.99. The van der Waals surface area contributed by atoms with Gasteiger partial charge >= 0.3 is 17.9 Å². The normalized spacial score (nSPS) is 16.4. The Hall–Kier alpha value is -2.25. The molecule has 0 saturated carbocycles. The van der Waals surface area contributed by atoms with Crippen molar-refractivity contribution < 1.29 is 34.1 Å². The summed E-state index contributed by atoms with van der Waals surface area (Å²) in [4.78, 5) is 34.0. The van der Waals surface area contributed by atoms with Crippen LogP contribution >= 0.6 is 0 Å². The van der Waals surface area contributed by atoms with Gasteiger partial charge in [-0.25, -0.2) is 14.4 Å². The Kier molecular flexibility index (Phi) is 3.82. The smallest absolute Gasteiger partial charge is 0.346 e. The van der Waals surface area contributed by atoms with Crippen LogP contribution in [0.25, 0.3) is 0 Å². The molecule has 2 rings (SSSR count). The lowest BCUT2D eigenvalue weighted by Gasteiger charge is -2.16. The van der Waals surface area contributed by atoms with E-state index in [2.05, 4.69) is 9.47 Å². The molecule has 0 fully saturated rings. The van der Waals surface area contributed by atoms with Crippen LogP contribution in [-0.2, 0) is 14.3 Å². The van der Waals surface area contributed by atoms with Gasteiger partial charge in [-0.05, 0) is 24.6 Å². The molecule has 0 amide bonds. The second-order valence-corrected chi connectivity index (χ2v) is 4.12. The number of benzene rings is 1. The second-order valence-electron chi connectivity index (χ2n) is 4.12. The average molecular weight is 280 g/mol. The van der Waals surface area contributed by atoms with Crippen LogP contribution in [0, 0.1) is 0 Å². The lowest BCUT2D eigenvalue weighted by molar-refractivity contribution is -0.159. The average Bonchev–Trinajstić information content (AvgIpc) is 2.72. The van der Waals surface area contributed by atoms with E-state index in [1.807, 2.05) is 0 Å². The molecule has 1 heterocycles. The molecule has 0 spiro atoms. The first-order chi connectivity index (χ1) is 9.45. The standard InChI is InChI=1S/C13H12O7/c1-2-19-13(18)10(15)9(14)6-3-4-7-8(5-6)12(17)20-11(7)16/h3-5,9-10,14-15H,2H2,1H3. The molecule has 0 bridgehead atoms. The topological polar surface area (TPSA) is 110 Å². The molecule has 2 unspecified atom stereocenters. The van der Waals surface area contributed by atoms with Crippen molar-refractivity contribution in [2.75, 3.05) is 6.61 Å². The summed E-state index contributed by atoms with van der Waals surface area (Å²) in [7, 11) is 0. The van der Waals surface area contributed by atoms with Gasteiger partial charge in [-0.3, -0.25) is 0 Å². The van der Waals surface area contributed by atoms with E-state index in [0.717, 1.165) is 0 Å². The highest BCUT2D eigenvalue weighted by Crippen LogP contribution is 2.25. The molecule has 1 aromatic rings. The second kappa shape index (κ2) is 5.40. The minimum atomic E-state index is -1.78. The summed E-state index contributed by atoms with van der Waals surface area (Å²) < 4.78 is 8.98. The number of aliphatic hydroxyl groups excluding tert-OH is 2. The minimum Gasteiger partial charge on any atom is -0.464 e. The van der Waals surface area contributed by atoms with Crippen LogP contribution in [0.5, 0.6) is 0 Å². The van der Waals surface area contributed by atoms with E-state index in [0.29, 0.717) is 0 Å². The molecule has 2 N–H and O–H groups in total. The van der Waals surface area contributed by atoms with E-state index >= 15 is 0 Å². The number of hydrogen-bond acceptors (Lipinski definition) is 7. The SMILES string of the molecule is CCOC(=O)C(O)C(O)c1ccc2c(c1)C(=O)OC2=O. The Morgan fingerprint density at radius 1 is 1.25 bits per heavy atom. The van der Waals surface area contributed by atoms with E-state index in [9.17, 15) is 24.6 Å². The van der Waals surface area contributed by atoms with Crippen LogP contribution in [-0.4, -0.2) is 40.8 Å². The first-order valence-corrected chi connectivity index (χ1v) is 5.89. The van der Waals surface area contributed by atoms with E-state index in [1.165, 1.54) is 18.2 Å². The van der Waals surface area contributed by atoms with Gasteiger partial charge in [-0.1, -0.05) is 6.07 Å². The number of esters is 3. The van der Waals surface area contributed by atoms with Crippen LogP contribution in [0.15, 0.2) is 18.2 Å². The Morgan fingerprint density at radius 3 is 2.55 bits per heavy atom. The lowest BCUT2D eigenvalue weighted by Crippen LogP contribution is -2.30. The first-order valence-electron chi connectivity index (χ1n) is 5.89. The molecule has 1 aromatic carbocycles. The van der Waals surface area contributed by atoms with E-state index in [1.54, 1.807) is 6.92 Å². The van der Waals surface area contributed by atoms with Gasteiger partial charge in [-0.15, -0.1) is 0 Å². The quantitative estimate of drug-likeness (QED) is 0.588. The highest BCUT2D eigenvalue weighted by molar-refractivity contribution is 6.14. The van der Waals surface area contributed by atoms with E-state index in [-0.39, 0.29) is 23.3 Å². The van der Waals surface area contributed by atoms with Crippen molar-refractivity contribution >= 4 is 17.9 Å². The molecule has 2 atom stereocenters. The largest absolute Gasteiger partial charge is 0.464 e. The summed E-state index contributed by atoms with van der Waals surface area (Å²) in [6.45, 7) is 1.63. The Labute approximate surface area is 113 Å². The molecule has 7 heteroatoms. The zero-order chi connectivity index (χ0) is 14.9. The number of rotatable bonds is 4. The van der Waals surface area contributed by atoms with Crippen LogP contribution in [0.4, 0.5) is 0 Å². The third-order valence-corrected chi connectivity index (χ3v) is 2.84. The summed E-state index contributed by atoms with van der Waals surface area (Å²) in [6.07, 6.45) is -3.34. The maximum absolute atomic E-state index is 11.4. The molecule has 0 aliphatic carbocycles. The number of hydrogen-bond donors (Lipinski definition) is 2. The zero-order valence-electron chi connectivity index (χ0n) is 10.5. The van der Waals surface area contributed by atoms with Gasteiger partial charge in [0.1, 0.15) is 6.10 Å². The molecular formula is C13H12O7. The number of aliphatic hydroxyl groups is 2. The molecule has 106 valence electrons. The van der Waals surface area contributed by atoms with Gasteiger partial charge in [0.25, 0.3) is 0 Å². The summed E-state index contributed by atoms with van der Waals surface area (Å²) in [5.41, 5.74) is 0.176. The van der Waals surface area contributed by atoms with Crippen LogP contribution in [0.3, 0.4) is 0 Å². The number of ether oxygens (including phenoxy) is 2. The minimum absolute atomic E-state index is 0.0115. The molecule has 1 aliphatic heterocycles. The maximum Gasteiger partial charge on any atom is 0.346 e. The Balaban J connectivity index is 2.26. The van der Waals surface area contributed by atoms with Crippen molar-refractivity contribution in [3.63, 3.8) is 0 Å². The highest BCUT2D eigenvalue weighted by Gasteiger charge is 2.32.